The number of aryl methyl sites for hydroxylation is 2. The summed E-state index contributed by atoms with van der Waals surface area (Å²) in [6.45, 7) is 4.29. The van der Waals surface area contributed by atoms with E-state index in [0.717, 1.165) is 22.6 Å². The molecule has 3 heterocycles. The Labute approximate surface area is 236 Å². The van der Waals surface area contributed by atoms with Crippen LogP contribution < -0.4 is 0 Å². The summed E-state index contributed by atoms with van der Waals surface area (Å²) >= 11 is 1.87. The van der Waals surface area contributed by atoms with Crippen LogP contribution >= 0.6 is 11.3 Å². The number of thiophene rings is 1. The number of rotatable bonds is 3. The van der Waals surface area contributed by atoms with Crippen molar-refractivity contribution in [1.82, 2.24) is 14.6 Å². The second-order valence-electron chi connectivity index (χ2n) is 10.4. The number of benzene rings is 5. The summed E-state index contributed by atoms with van der Waals surface area (Å²) in [5.74, 6) is 0.868. The summed E-state index contributed by atoms with van der Waals surface area (Å²) in [5, 5.41) is 13.1. The van der Waals surface area contributed by atoms with Crippen LogP contribution in [0.2, 0.25) is 0 Å². The van der Waals surface area contributed by atoms with Gasteiger partial charge in [0, 0.05) is 31.1 Å². The molecule has 0 bridgehead atoms. The molecule has 3 aromatic heterocycles. The monoisotopic (exact) mass is 531 g/mol. The molecule has 0 fully saturated rings. The molecule has 0 radical (unpaired) electrons. The molecule has 0 unspecified atom stereocenters. The molecule has 0 atom stereocenters. The lowest BCUT2D eigenvalue weighted by Gasteiger charge is -2.11. The highest BCUT2D eigenvalue weighted by atomic mass is 32.1. The van der Waals surface area contributed by atoms with E-state index in [4.69, 9.17) is 0 Å². The van der Waals surface area contributed by atoms with Crippen LogP contribution in [0.1, 0.15) is 11.1 Å². The fraction of sp³-hybridized carbons (Fsp3) is 0.0556. The van der Waals surface area contributed by atoms with Crippen molar-refractivity contribution in [2.45, 2.75) is 13.8 Å². The molecule has 40 heavy (non-hydrogen) atoms. The highest BCUT2D eigenvalue weighted by Crippen LogP contribution is 2.40. The van der Waals surface area contributed by atoms with Crippen LogP contribution in [0.5, 0.6) is 0 Å². The van der Waals surface area contributed by atoms with E-state index in [1.54, 1.807) is 0 Å². The number of hydrogen-bond acceptors (Lipinski definition) is 3. The van der Waals surface area contributed by atoms with Gasteiger partial charge in [0.05, 0.1) is 5.52 Å². The van der Waals surface area contributed by atoms with Gasteiger partial charge in [0.2, 0.25) is 0 Å². The van der Waals surface area contributed by atoms with E-state index in [-0.39, 0.29) is 0 Å². The van der Waals surface area contributed by atoms with Crippen LogP contribution in [0.3, 0.4) is 0 Å². The lowest BCUT2D eigenvalue weighted by atomic mass is 9.98. The number of fused-ring (bicyclic) bond motifs is 6. The van der Waals surface area contributed by atoms with Crippen molar-refractivity contribution in [2.75, 3.05) is 0 Å². The molecule has 0 saturated heterocycles. The highest BCUT2D eigenvalue weighted by molar-refractivity contribution is 7.26. The zero-order valence-corrected chi connectivity index (χ0v) is 23.0. The van der Waals surface area contributed by atoms with Gasteiger partial charge in [-0.2, -0.15) is 0 Å². The number of hydrogen-bond donors (Lipinski definition) is 0. The second-order valence-corrected chi connectivity index (χ2v) is 11.4. The molecule has 4 heteroatoms. The van der Waals surface area contributed by atoms with Crippen molar-refractivity contribution in [3.63, 3.8) is 0 Å². The van der Waals surface area contributed by atoms with Gasteiger partial charge in [0.1, 0.15) is 0 Å². The Balaban J connectivity index is 1.16. The van der Waals surface area contributed by atoms with E-state index in [2.05, 4.69) is 144 Å². The molecule has 0 saturated carbocycles. The molecule has 0 spiro atoms. The zero-order chi connectivity index (χ0) is 26.8. The minimum Gasteiger partial charge on any atom is -0.275 e. The molecule has 8 rings (SSSR count). The summed E-state index contributed by atoms with van der Waals surface area (Å²) in [7, 11) is 0. The molecule has 0 amide bonds. The largest absolute Gasteiger partial charge is 0.275 e. The van der Waals surface area contributed by atoms with Gasteiger partial charge >= 0.3 is 0 Å². The Morgan fingerprint density at radius 2 is 1.15 bits per heavy atom. The van der Waals surface area contributed by atoms with Crippen molar-refractivity contribution in [3.8, 4) is 33.6 Å². The van der Waals surface area contributed by atoms with Gasteiger partial charge in [-0.05, 0) is 59.4 Å². The first-order valence-corrected chi connectivity index (χ1v) is 14.3. The Hall–Kier alpha value is -4.80. The van der Waals surface area contributed by atoms with Crippen LogP contribution in [0.15, 0.2) is 115 Å². The van der Waals surface area contributed by atoms with Crippen LogP contribution in [-0.4, -0.2) is 14.6 Å². The number of para-hydroxylation sites is 1. The first-order chi connectivity index (χ1) is 19.7. The fourth-order valence-electron chi connectivity index (χ4n) is 5.93. The van der Waals surface area contributed by atoms with Crippen molar-refractivity contribution >= 4 is 48.1 Å². The Morgan fingerprint density at radius 1 is 0.525 bits per heavy atom. The number of aromatic nitrogens is 3. The molecule has 8 aromatic rings. The highest BCUT2D eigenvalue weighted by Gasteiger charge is 2.16. The Morgan fingerprint density at radius 3 is 1.93 bits per heavy atom. The quantitative estimate of drug-likeness (QED) is 0.227. The minimum absolute atomic E-state index is 0.868. The summed E-state index contributed by atoms with van der Waals surface area (Å²) in [6, 6.07) is 41.4. The first kappa shape index (κ1) is 23.1. The van der Waals surface area contributed by atoms with Crippen LogP contribution in [0.4, 0.5) is 0 Å². The maximum Gasteiger partial charge on any atom is 0.168 e. The van der Waals surface area contributed by atoms with Gasteiger partial charge in [-0.25, -0.2) is 0 Å². The predicted molar refractivity (Wildman–Crippen MR) is 169 cm³/mol. The Kier molecular flexibility index (Phi) is 5.13. The third-order valence-corrected chi connectivity index (χ3v) is 9.41. The maximum absolute atomic E-state index is 4.62. The topological polar surface area (TPSA) is 30.2 Å². The van der Waals surface area contributed by atoms with Crippen molar-refractivity contribution in [2.24, 2.45) is 0 Å². The van der Waals surface area contributed by atoms with E-state index in [0.29, 0.717) is 0 Å². The van der Waals surface area contributed by atoms with Gasteiger partial charge in [0.25, 0.3) is 0 Å². The molecule has 3 nitrogen and oxygen atoms in total. The summed E-state index contributed by atoms with van der Waals surface area (Å²) in [4.78, 5) is 0. The van der Waals surface area contributed by atoms with Crippen LogP contribution in [-0.2, 0) is 0 Å². The van der Waals surface area contributed by atoms with Gasteiger partial charge in [-0.1, -0.05) is 103 Å². The van der Waals surface area contributed by atoms with E-state index >= 15 is 0 Å². The number of nitrogens with zero attached hydrogens (tertiary/aromatic N) is 3. The lowest BCUT2D eigenvalue weighted by molar-refractivity contribution is 1.11. The standard InChI is InChI=1S/C36H25N3S/c1-22-23(2)35-37-38-36(39(35)32-12-5-3-8-28(22)32)27-20-16-25(17-21-27)24-14-18-26(19-15-24)29-10-7-11-31-30-9-4-6-13-33(30)40-34(29)31/h3-21H,1-2H3. The molecule has 0 aliphatic heterocycles. The normalized spacial score (nSPS) is 11.8. The lowest BCUT2D eigenvalue weighted by Crippen LogP contribution is -1.97. The molecule has 0 aliphatic rings. The first-order valence-electron chi connectivity index (χ1n) is 13.5. The van der Waals surface area contributed by atoms with Gasteiger partial charge in [-0.3, -0.25) is 4.40 Å². The maximum atomic E-state index is 4.62. The van der Waals surface area contributed by atoms with Gasteiger partial charge in [0.15, 0.2) is 11.5 Å². The van der Waals surface area contributed by atoms with Gasteiger partial charge in [-0.15, -0.1) is 21.5 Å². The summed E-state index contributed by atoms with van der Waals surface area (Å²) in [6.07, 6.45) is 0. The molecule has 5 aromatic carbocycles. The molecular weight excluding hydrogens is 506 g/mol. The average Bonchev–Trinajstić information content (AvgIpc) is 3.63. The fourth-order valence-corrected chi connectivity index (χ4v) is 7.16. The SMILES string of the molecule is Cc1c(C)c2nnc(-c3ccc(-c4ccc(-c5cccc6c5sc5ccccc56)cc4)cc3)n2c2ccccc12. The summed E-state index contributed by atoms with van der Waals surface area (Å²) < 4.78 is 4.87. The predicted octanol–water partition coefficient (Wildman–Crippen LogP) is 9.87. The van der Waals surface area contributed by atoms with Crippen LogP contribution in [0, 0.1) is 13.8 Å². The van der Waals surface area contributed by atoms with E-state index in [9.17, 15) is 0 Å². The average molecular weight is 532 g/mol. The molecule has 0 N–H and O–H groups in total. The van der Waals surface area contributed by atoms with E-state index < -0.39 is 0 Å². The summed E-state index contributed by atoms with van der Waals surface area (Å²) in [5.41, 5.74) is 10.4. The third-order valence-electron chi connectivity index (χ3n) is 8.19. The smallest absolute Gasteiger partial charge is 0.168 e. The molecular formula is C36H25N3S. The van der Waals surface area contributed by atoms with Gasteiger partial charge < -0.3 is 0 Å². The number of pyridine rings is 1. The molecule has 190 valence electrons. The molecule has 0 aliphatic carbocycles. The second kappa shape index (κ2) is 8.87. The van der Waals surface area contributed by atoms with Crippen molar-refractivity contribution in [3.05, 3.63) is 126 Å². The minimum atomic E-state index is 0.868. The Bertz CT molecular complexity index is 2220. The van der Waals surface area contributed by atoms with Crippen LogP contribution in [0.25, 0.3) is 70.4 Å². The zero-order valence-electron chi connectivity index (χ0n) is 22.2. The van der Waals surface area contributed by atoms with Crippen molar-refractivity contribution in [1.29, 1.82) is 0 Å². The van der Waals surface area contributed by atoms with Crippen molar-refractivity contribution < 1.29 is 0 Å². The third kappa shape index (κ3) is 3.43. The van der Waals surface area contributed by atoms with E-state index in [1.807, 2.05) is 11.3 Å². The van der Waals surface area contributed by atoms with E-state index in [1.165, 1.54) is 58.9 Å².